The highest BCUT2D eigenvalue weighted by Gasteiger charge is 2.16. The van der Waals surface area contributed by atoms with Crippen molar-refractivity contribution in [1.82, 2.24) is 14.8 Å². The van der Waals surface area contributed by atoms with E-state index in [1.165, 1.54) is 22.4 Å². The Hall–Kier alpha value is -1.61. The molecule has 0 spiro atoms. The minimum Gasteiger partial charge on any atom is -0.270 e. The summed E-state index contributed by atoms with van der Waals surface area (Å²) in [5.74, 6) is 0.479. The molecule has 2 aromatic rings. The largest absolute Gasteiger partial charge is 0.343 e. The van der Waals surface area contributed by atoms with Gasteiger partial charge in [0.05, 0.1) is 9.40 Å². The van der Waals surface area contributed by atoms with Crippen LogP contribution in [-0.4, -0.2) is 19.7 Å². The number of hydrogen-bond donors (Lipinski definition) is 1. The Morgan fingerprint density at radius 1 is 1.55 bits per heavy atom. The number of nitrogens with zero attached hydrogens (tertiary/aromatic N) is 3. The third-order valence-corrected chi connectivity index (χ3v) is 4.59. The van der Waals surface area contributed by atoms with Gasteiger partial charge in [-0.3, -0.25) is 14.7 Å². The van der Waals surface area contributed by atoms with Crippen LogP contribution in [0.25, 0.3) is 0 Å². The summed E-state index contributed by atoms with van der Waals surface area (Å²) in [6.07, 6.45) is 0. The number of aromatic amines is 1. The van der Waals surface area contributed by atoms with E-state index in [-0.39, 0.29) is 11.4 Å². The van der Waals surface area contributed by atoms with Crippen molar-refractivity contribution in [2.75, 3.05) is 0 Å². The number of aromatic nitrogens is 3. The molecule has 0 fully saturated rings. The topological polar surface area (TPSA) is 93.8 Å². The lowest BCUT2D eigenvalue weighted by Crippen LogP contribution is -2.16. The first-order chi connectivity index (χ1) is 9.54. The van der Waals surface area contributed by atoms with Gasteiger partial charge in [-0.05, 0) is 28.4 Å². The zero-order valence-corrected chi connectivity index (χ0v) is 12.9. The maximum absolute atomic E-state index is 11.4. The Labute approximate surface area is 126 Å². The van der Waals surface area contributed by atoms with Crippen LogP contribution in [0.5, 0.6) is 0 Å². The fourth-order valence-corrected chi connectivity index (χ4v) is 3.39. The summed E-state index contributed by atoms with van der Waals surface area (Å²) < 4.78 is 1.97. The molecule has 2 rings (SSSR count). The molecule has 106 valence electrons. The van der Waals surface area contributed by atoms with E-state index < -0.39 is 4.92 Å². The molecule has 0 atom stereocenters. The zero-order valence-electron chi connectivity index (χ0n) is 10.5. The molecule has 0 aliphatic rings. The molecule has 0 bridgehead atoms. The Morgan fingerprint density at radius 3 is 2.95 bits per heavy atom. The van der Waals surface area contributed by atoms with Gasteiger partial charge in [0.2, 0.25) is 0 Å². The highest BCUT2D eigenvalue weighted by Crippen LogP contribution is 2.31. The number of rotatable bonds is 5. The van der Waals surface area contributed by atoms with Gasteiger partial charge in [0, 0.05) is 18.4 Å². The summed E-state index contributed by atoms with van der Waals surface area (Å²) in [4.78, 5) is 21.8. The zero-order chi connectivity index (χ0) is 14.7. The molecule has 0 saturated carbocycles. The van der Waals surface area contributed by atoms with E-state index in [1.54, 1.807) is 12.1 Å². The summed E-state index contributed by atoms with van der Waals surface area (Å²) in [6, 6.07) is 4.87. The lowest BCUT2D eigenvalue weighted by atomic mass is 10.2. The third-order valence-electron chi connectivity index (χ3n) is 2.65. The summed E-state index contributed by atoms with van der Waals surface area (Å²) in [5, 5.41) is 17.7. The number of nitro benzene ring substituents is 1. The van der Waals surface area contributed by atoms with E-state index >= 15 is 0 Å². The highest BCUT2D eigenvalue weighted by molar-refractivity contribution is 9.10. The molecule has 0 unspecified atom stereocenters. The Balaban J connectivity index is 2.21. The molecular weight excluding hydrogens is 348 g/mol. The first-order valence-corrected chi connectivity index (χ1v) is 7.52. The summed E-state index contributed by atoms with van der Waals surface area (Å²) in [6.45, 7) is 2.37. The lowest BCUT2D eigenvalue weighted by Gasteiger charge is -2.05. The highest BCUT2D eigenvalue weighted by atomic mass is 79.9. The Bertz CT molecular complexity index is 697. The average Bonchev–Trinajstić information content (AvgIpc) is 2.77. The Morgan fingerprint density at radius 2 is 2.30 bits per heavy atom. The van der Waals surface area contributed by atoms with E-state index in [0.717, 1.165) is 5.56 Å². The predicted octanol–water partition coefficient (Wildman–Crippen LogP) is 2.55. The van der Waals surface area contributed by atoms with Gasteiger partial charge < -0.3 is 0 Å². The number of H-pyrrole nitrogens is 1. The number of halogens is 1. The second-order valence-electron chi connectivity index (χ2n) is 3.85. The first kappa shape index (κ1) is 14.8. The standard InChI is InChI=1S/C11H11BrN4O3S/c1-2-15-10(17)13-14-11(15)20-6-7-4-3-5-8(9(7)12)16(18)19/h3-5H,2,6H2,1H3,(H,13,17). The van der Waals surface area contributed by atoms with Gasteiger partial charge in [0.1, 0.15) is 0 Å². The van der Waals surface area contributed by atoms with Crippen molar-refractivity contribution in [3.05, 3.63) is 48.8 Å². The van der Waals surface area contributed by atoms with E-state index in [9.17, 15) is 14.9 Å². The molecule has 0 radical (unpaired) electrons. The van der Waals surface area contributed by atoms with Crippen LogP contribution in [0.4, 0.5) is 5.69 Å². The van der Waals surface area contributed by atoms with Gasteiger partial charge in [-0.25, -0.2) is 9.89 Å². The minimum absolute atomic E-state index is 0.0259. The van der Waals surface area contributed by atoms with Gasteiger partial charge in [0.15, 0.2) is 5.16 Å². The fourth-order valence-electron chi connectivity index (χ4n) is 1.65. The molecule has 9 heteroatoms. The number of nitro groups is 1. The monoisotopic (exact) mass is 358 g/mol. The molecule has 0 amide bonds. The normalized spacial score (nSPS) is 10.7. The second-order valence-corrected chi connectivity index (χ2v) is 5.59. The van der Waals surface area contributed by atoms with Crippen molar-refractivity contribution >= 4 is 33.4 Å². The number of hydrogen-bond acceptors (Lipinski definition) is 5. The van der Waals surface area contributed by atoms with Crippen LogP contribution in [0.1, 0.15) is 12.5 Å². The lowest BCUT2D eigenvalue weighted by molar-refractivity contribution is -0.385. The molecule has 1 aromatic heterocycles. The van der Waals surface area contributed by atoms with Gasteiger partial charge in [-0.1, -0.05) is 23.9 Å². The van der Waals surface area contributed by atoms with E-state index in [2.05, 4.69) is 26.1 Å². The number of nitrogens with one attached hydrogen (secondary N) is 1. The molecule has 1 heterocycles. The smallest absolute Gasteiger partial charge is 0.270 e. The molecule has 1 aromatic carbocycles. The third kappa shape index (κ3) is 2.93. The predicted molar refractivity (Wildman–Crippen MR) is 78.9 cm³/mol. The summed E-state index contributed by atoms with van der Waals surface area (Å²) in [7, 11) is 0. The first-order valence-electron chi connectivity index (χ1n) is 5.74. The van der Waals surface area contributed by atoms with Gasteiger partial charge in [0.25, 0.3) is 5.69 Å². The number of thioether (sulfide) groups is 1. The van der Waals surface area contributed by atoms with Crippen molar-refractivity contribution in [2.24, 2.45) is 0 Å². The molecule has 0 aliphatic heterocycles. The van der Waals surface area contributed by atoms with Crippen molar-refractivity contribution < 1.29 is 4.92 Å². The molecule has 1 N–H and O–H groups in total. The average molecular weight is 359 g/mol. The van der Waals surface area contributed by atoms with Crippen molar-refractivity contribution in [3.63, 3.8) is 0 Å². The van der Waals surface area contributed by atoms with Crippen LogP contribution in [0.15, 0.2) is 32.6 Å². The molecule has 0 saturated heterocycles. The Kier molecular flexibility index (Phi) is 4.61. The molecule has 20 heavy (non-hydrogen) atoms. The van der Waals surface area contributed by atoms with E-state index in [4.69, 9.17) is 0 Å². The number of benzene rings is 1. The summed E-state index contributed by atoms with van der Waals surface area (Å²) >= 11 is 4.59. The molecule has 7 nitrogen and oxygen atoms in total. The summed E-state index contributed by atoms with van der Waals surface area (Å²) in [5.41, 5.74) is 0.549. The molecule has 0 aliphatic carbocycles. The van der Waals surface area contributed by atoms with Gasteiger partial charge >= 0.3 is 5.69 Å². The van der Waals surface area contributed by atoms with Gasteiger partial charge in [-0.2, -0.15) is 0 Å². The maximum Gasteiger partial charge on any atom is 0.343 e. The van der Waals surface area contributed by atoms with Crippen LogP contribution < -0.4 is 5.69 Å². The van der Waals surface area contributed by atoms with Crippen LogP contribution in [0.3, 0.4) is 0 Å². The van der Waals surface area contributed by atoms with Crippen LogP contribution in [0, 0.1) is 10.1 Å². The van der Waals surface area contributed by atoms with E-state index in [0.29, 0.717) is 21.9 Å². The van der Waals surface area contributed by atoms with Crippen molar-refractivity contribution in [3.8, 4) is 0 Å². The quantitative estimate of drug-likeness (QED) is 0.503. The second kappa shape index (κ2) is 6.23. The van der Waals surface area contributed by atoms with Crippen LogP contribution in [0.2, 0.25) is 0 Å². The van der Waals surface area contributed by atoms with Gasteiger partial charge in [-0.15, -0.1) is 5.10 Å². The fraction of sp³-hybridized carbons (Fsp3) is 0.273. The van der Waals surface area contributed by atoms with Crippen molar-refractivity contribution in [2.45, 2.75) is 24.4 Å². The van der Waals surface area contributed by atoms with Crippen LogP contribution >= 0.6 is 27.7 Å². The van der Waals surface area contributed by atoms with E-state index in [1.807, 2.05) is 6.92 Å². The minimum atomic E-state index is -0.436. The van der Waals surface area contributed by atoms with Crippen LogP contribution in [-0.2, 0) is 12.3 Å². The molecular formula is C11H11BrN4O3S. The maximum atomic E-state index is 11.4. The van der Waals surface area contributed by atoms with Crippen molar-refractivity contribution in [1.29, 1.82) is 0 Å². The SMILES string of the molecule is CCn1c(SCc2cccc([N+](=O)[O-])c2Br)n[nH]c1=O.